The summed E-state index contributed by atoms with van der Waals surface area (Å²) < 4.78 is 6.89. The van der Waals surface area contributed by atoms with Crippen molar-refractivity contribution in [2.24, 2.45) is 5.16 Å². The van der Waals surface area contributed by atoms with Crippen LogP contribution in [0.25, 0.3) is 16.9 Å². The quantitative estimate of drug-likeness (QED) is 0.235. The Morgan fingerprint density at radius 1 is 1.15 bits per heavy atom. The van der Waals surface area contributed by atoms with Gasteiger partial charge in [-0.2, -0.15) is 5.10 Å². The molecule has 0 radical (unpaired) electrons. The zero-order chi connectivity index (χ0) is 19.2. The van der Waals surface area contributed by atoms with Gasteiger partial charge < -0.3 is 9.94 Å². The predicted octanol–water partition coefficient (Wildman–Crippen LogP) is 4.21. The third-order valence-corrected chi connectivity index (χ3v) is 4.56. The van der Waals surface area contributed by atoms with E-state index in [4.69, 9.17) is 4.74 Å². The summed E-state index contributed by atoms with van der Waals surface area (Å²) >= 11 is 1.22. The summed E-state index contributed by atoms with van der Waals surface area (Å²) in [7, 11) is 0. The predicted molar refractivity (Wildman–Crippen MR) is 107 cm³/mol. The van der Waals surface area contributed by atoms with Crippen molar-refractivity contribution >= 4 is 22.8 Å². The van der Waals surface area contributed by atoms with E-state index in [2.05, 4.69) is 10.3 Å². The van der Waals surface area contributed by atoms with Crippen molar-refractivity contribution in [3.63, 3.8) is 0 Å². The van der Waals surface area contributed by atoms with Crippen LogP contribution in [-0.4, -0.2) is 38.9 Å². The summed E-state index contributed by atoms with van der Waals surface area (Å²) in [6.45, 7) is 1.98. The van der Waals surface area contributed by atoms with E-state index < -0.39 is 5.97 Å². The summed E-state index contributed by atoms with van der Waals surface area (Å²) in [5.41, 5.74) is 2.66. The number of carbonyl (C=O) groups is 1. The minimum atomic E-state index is -0.510. The number of para-hydroxylation sites is 1. The minimum Gasteiger partial charge on any atom is -0.462 e. The van der Waals surface area contributed by atoms with Crippen molar-refractivity contribution in [3.05, 3.63) is 71.9 Å². The zero-order valence-electron chi connectivity index (χ0n) is 15.0. The average molecular weight is 381 g/mol. The van der Waals surface area contributed by atoms with Gasteiger partial charge in [-0.1, -0.05) is 53.7 Å². The van der Waals surface area contributed by atoms with Crippen LogP contribution in [-0.2, 0) is 4.74 Å². The monoisotopic (exact) mass is 381 g/mol. The van der Waals surface area contributed by atoms with Gasteiger partial charge >= 0.3 is 5.97 Å². The molecule has 6 nitrogen and oxygen atoms in total. The molecule has 0 aliphatic carbocycles. The highest BCUT2D eigenvalue weighted by molar-refractivity contribution is 8.13. The van der Waals surface area contributed by atoms with Gasteiger partial charge in [-0.3, -0.25) is 0 Å². The van der Waals surface area contributed by atoms with Gasteiger partial charge in [0.05, 0.1) is 12.3 Å². The van der Waals surface area contributed by atoms with E-state index in [-0.39, 0.29) is 17.2 Å². The summed E-state index contributed by atoms with van der Waals surface area (Å²) in [6, 6.07) is 18.8. The molecule has 0 saturated carbocycles. The van der Waals surface area contributed by atoms with E-state index >= 15 is 0 Å². The molecule has 138 valence electrons. The Balaban J connectivity index is 2.36. The molecule has 3 aromatic rings. The maximum Gasteiger partial charge on any atom is 0.342 e. The molecule has 7 heteroatoms. The lowest BCUT2D eigenvalue weighted by Crippen LogP contribution is -2.14. The molecule has 0 bridgehead atoms. The summed E-state index contributed by atoms with van der Waals surface area (Å²) in [5, 5.41) is 17.9. The molecule has 1 heterocycles. The van der Waals surface area contributed by atoms with Gasteiger partial charge in [0.25, 0.3) is 0 Å². The molecule has 0 aliphatic heterocycles. The number of hydrogen-bond donors (Lipinski definition) is 1. The molecule has 0 amide bonds. The number of carbonyl (C=O) groups excluding carboxylic acids is 1. The number of oxime groups is 1. The first-order valence-corrected chi connectivity index (χ1v) is 9.61. The van der Waals surface area contributed by atoms with Gasteiger partial charge in [-0.05, 0) is 25.3 Å². The number of ether oxygens (including phenoxy) is 1. The molecular formula is C20H19N3O3S. The third kappa shape index (κ3) is 3.73. The first-order chi connectivity index (χ1) is 13.2. The highest BCUT2D eigenvalue weighted by Crippen LogP contribution is 2.30. The molecular weight excluding hydrogens is 362 g/mol. The number of thioether (sulfide) groups is 1. The number of rotatable bonds is 5. The van der Waals surface area contributed by atoms with Crippen LogP contribution in [0.3, 0.4) is 0 Å². The van der Waals surface area contributed by atoms with Crippen LogP contribution in [0.15, 0.2) is 65.8 Å². The number of aromatic nitrogens is 2. The van der Waals surface area contributed by atoms with Crippen LogP contribution in [0, 0.1) is 0 Å². The van der Waals surface area contributed by atoms with Crippen molar-refractivity contribution in [2.45, 2.75) is 6.92 Å². The lowest BCUT2D eigenvalue weighted by molar-refractivity contribution is 0.0527. The van der Waals surface area contributed by atoms with Crippen LogP contribution in [0.4, 0.5) is 0 Å². The van der Waals surface area contributed by atoms with Crippen LogP contribution >= 0.6 is 11.8 Å². The fourth-order valence-electron chi connectivity index (χ4n) is 2.75. The zero-order valence-corrected chi connectivity index (χ0v) is 15.8. The lowest BCUT2D eigenvalue weighted by atomic mass is 10.1. The number of benzene rings is 2. The van der Waals surface area contributed by atoms with E-state index in [1.807, 2.05) is 60.7 Å². The average Bonchev–Trinajstić information content (AvgIpc) is 3.11. The molecule has 0 spiro atoms. The summed E-state index contributed by atoms with van der Waals surface area (Å²) in [5.74, 6) is -0.510. The van der Waals surface area contributed by atoms with Gasteiger partial charge in [0, 0.05) is 5.56 Å². The molecule has 27 heavy (non-hydrogen) atoms. The van der Waals surface area contributed by atoms with E-state index in [9.17, 15) is 10.0 Å². The van der Waals surface area contributed by atoms with Crippen LogP contribution < -0.4 is 0 Å². The lowest BCUT2D eigenvalue weighted by Gasteiger charge is -2.09. The standard InChI is InChI=1S/C20H19N3O3S/c1-3-26-20(24)16-17(14-10-6-4-7-11-14)21-23(15-12-8-5-9-13-15)18(16)19(22-25)27-2/h4-13,25H,3H2,1-2H3/b22-19-. The smallest absolute Gasteiger partial charge is 0.342 e. The first kappa shape index (κ1) is 18.7. The second-order valence-corrected chi connectivity index (χ2v) is 6.31. The Kier molecular flexibility index (Phi) is 5.93. The van der Waals surface area contributed by atoms with Gasteiger partial charge in [0.1, 0.15) is 17.0 Å². The van der Waals surface area contributed by atoms with Gasteiger partial charge in [-0.25, -0.2) is 9.48 Å². The SMILES string of the molecule is CCOC(=O)c1c(-c2ccccc2)nn(-c2ccccc2)c1/C(=N/O)SC. The molecule has 3 rings (SSSR count). The van der Waals surface area contributed by atoms with Gasteiger partial charge in [0.15, 0.2) is 5.04 Å². The molecule has 1 aromatic heterocycles. The number of hydrogen-bond acceptors (Lipinski definition) is 6. The van der Waals surface area contributed by atoms with Crippen molar-refractivity contribution in [3.8, 4) is 16.9 Å². The van der Waals surface area contributed by atoms with Crippen molar-refractivity contribution in [2.75, 3.05) is 12.9 Å². The molecule has 0 fully saturated rings. The Bertz CT molecular complexity index is 953. The Hall–Kier alpha value is -3.06. The fraction of sp³-hybridized carbons (Fsp3) is 0.150. The Morgan fingerprint density at radius 3 is 2.33 bits per heavy atom. The third-order valence-electron chi connectivity index (χ3n) is 3.90. The van der Waals surface area contributed by atoms with E-state index in [1.54, 1.807) is 17.9 Å². The largest absolute Gasteiger partial charge is 0.462 e. The second kappa shape index (κ2) is 8.55. The minimum absolute atomic E-state index is 0.230. The van der Waals surface area contributed by atoms with E-state index in [0.29, 0.717) is 11.4 Å². The molecule has 2 aromatic carbocycles. The summed E-state index contributed by atoms with van der Waals surface area (Å²) in [6.07, 6.45) is 1.77. The molecule has 1 N–H and O–H groups in total. The highest BCUT2D eigenvalue weighted by Gasteiger charge is 2.29. The van der Waals surface area contributed by atoms with Gasteiger partial charge in [0.2, 0.25) is 0 Å². The van der Waals surface area contributed by atoms with E-state index in [0.717, 1.165) is 11.3 Å². The van der Waals surface area contributed by atoms with Crippen LogP contribution in [0.5, 0.6) is 0 Å². The van der Waals surface area contributed by atoms with E-state index in [1.165, 1.54) is 11.8 Å². The Labute approximate surface area is 161 Å². The first-order valence-electron chi connectivity index (χ1n) is 8.38. The fourth-order valence-corrected chi connectivity index (χ4v) is 3.21. The Morgan fingerprint density at radius 2 is 1.78 bits per heavy atom. The maximum absolute atomic E-state index is 12.8. The van der Waals surface area contributed by atoms with Crippen LogP contribution in [0.2, 0.25) is 0 Å². The summed E-state index contributed by atoms with van der Waals surface area (Å²) in [4.78, 5) is 12.8. The van der Waals surface area contributed by atoms with Crippen LogP contribution in [0.1, 0.15) is 23.0 Å². The molecule has 0 unspecified atom stereocenters. The maximum atomic E-state index is 12.8. The normalized spacial score (nSPS) is 11.4. The van der Waals surface area contributed by atoms with Crippen molar-refractivity contribution in [1.29, 1.82) is 0 Å². The molecule has 0 saturated heterocycles. The number of nitrogens with zero attached hydrogens (tertiary/aromatic N) is 3. The van der Waals surface area contributed by atoms with Crippen molar-refractivity contribution < 1.29 is 14.7 Å². The van der Waals surface area contributed by atoms with Gasteiger partial charge in [-0.15, -0.1) is 11.8 Å². The topological polar surface area (TPSA) is 76.7 Å². The van der Waals surface area contributed by atoms with Crippen molar-refractivity contribution in [1.82, 2.24) is 9.78 Å². The number of esters is 1. The molecule has 0 atom stereocenters. The molecule has 0 aliphatic rings. The highest BCUT2D eigenvalue weighted by atomic mass is 32.2. The second-order valence-electron chi connectivity index (χ2n) is 5.52.